The third-order valence-electron chi connectivity index (χ3n) is 7.03. The van der Waals surface area contributed by atoms with Crippen molar-refractivity contribution in [1.82, 2.24) is 0 Å². The van der Waals surface area contributed by atoms with Gasteiger partial charge in [-0.1, -0.05) is 30.3 Å². The lowest BCUT2D eigenvalue weighted by Gasteiger charge is -2.39. The van der Waals surface area contributed by atoms with Gasteiger partial charge in [0.25, 0.3) is 0 Å². The molecule has 3 N–H and O–H groups in total. The quantitative estimate of drug-likeness (QED) is 0.624. The number of benzene rings is 1. The van der Waals surface area contributed by atoms with Crippen molar-refractivity contribution in [3.8, 4) is 0 Å². The molecule has 4 rings (SSSR count). The Morgan fingerprint density at radius 2 is 1.21 bits per heavy atom. The Labute approximate surface area is 147 Å². The molecular weight excluding hydrogens is 294 g/mol. The summed E-state index contributed by atoms with van der Waals surface area (Å²) in [5.74, 6) is 0. The van der Waals surface area contributed by atoms with Crippen LogP contribution in [0.25, 0.3) is 0 Å². The number of nitrogens with one attached hydrogen (secondary N) is 3. The number of piperazine rings is 1. The lowest BCUT2D eigenvalue weighted by atomic mass is 10.0. The van der Waals surface area contributed by atoms with E-state index in [2.05, 4.69) is 30.3 Å². The van der Waals surface area contributed by atoms with Crippen molar-refractivity contribution in [2.45, 2.75) is 57.2 Å². The molecule has 2 aliphatic heterocycles. The number of hydrogen-bond acceptors (Lipinski definition) is 0. The number of rotatable bonds is 4. The van der Waals surface area contributed by atoms with E-state index >= 15 is 0 Å². The van der Waals surface area contributed by atoms with Gasteiger partial charge in [-0.05, 0) is 25.7 Å². The van der Waals surface area contributed by atoms with Crippen molar-refractivity contribution >= 4 is 0 Å². The minimum atomic E-state index is 0.953. The molecule has 3 nitrogen and oxygen atoms in total. The molecule has 0 aromatic heterocycles. The van der Waals surface area contributed by atoms with Gasteiger partial charge in [-0.2, -0.15) is 0 Å². The highest BCUT2D eigenvalue weighted by Crippen LogP contribution is 2.15. The van der Waals surface area contributed by atoms with Gasteiger partial charge >= 0.3 is 0 Å². The normalized spacial score (nSPS) is 35.2. The van der Waals surface area contributed by atoms with Crippen LogP contribution in [0.5, 0.6) is 0 Å². The first-order valence-corrected chi connectivity index (χ1v) is 10.4. The number of quaternary nitrogens is 3. The topological polar surface area (TPSA) is 13.3 Å². The van der Waals surface area contributed by atoms with Crippen LogP contribution in [-0.2, 0) is 6.54 Å². The highest BCUT2D eigenvalue weighted by atomic mass is 15.3. The van der Waals surface area contributed by atoms with Crippen LogP contribution in [0.2, 0.25) is 0 Å². The molecule has 0 amide bonds. The Hall–Kier alpha value is -0.900. The minimum absolute atomic E-state index is 0.953. The summed E-state index contributed by atoms with van der Waals surface area (Å²) in [5, 5.41) is 0. The second kappa shape index (κ2) is 7.99. The van der Waals surface area contributed by atoms with Crippen LogP contribution in [-0.4, -0.2) is 51.4 Å². The smallest absolute Gasteiger partial charge is 0.127 e. The van der Waals surface area contributed by atoms with Gasteiger partial charge in [0.1, 0.15) is 32.7 Å². The van der Waals surface area contributed by atoms with Gasteiger partial charge < -0.3 is 14.7 Å². The summed E-state index contributed by atoms with van der Waals surface area (Å²) in [4.78, 5) is 5.69. The van der Waals surface area contributed by atoms with E-state index in [0.29, 0.717) is 0 Å². The number of likely N-dealkylation sites (tertiary alicyclic amines) is 1. The van der Waals surface area contributed by atoms with E-state index in [1.54, 1.807) is 4.90 Å². The summed E-state index contributed by atoms with van der Waals surface area (Å²) < 4.78 is 0. The molecule has 0 atom stereocenters. The van der Waals surface area contributed by atoms with Gasteiger partial charge in [-0.15, -0.1) is 0 Å². The molecule has 0 bridgehead atoms. The number of piperidine rings is 1. The molecule has 2 heterocycles. The van der Waals surface area contributed by atoms with Crippen LogP contribution >= 0.6 is 0 Å². The molecule has 0 radical (unpaired) electrons. The fourth-order valence-corrected chi connectivity index (χ4v) is 5.54. The van der Waals surface area contributed by atoms with E-state index < -0.39 is 0 Å². The maximum atomic E-state index is 2.29. The molecule has 132 valence electrons. The van der Waals surface area contributed by atoms with Gasteiger partial charge in [-0.3, -0.25) is 0 Å². The fraction of sp³-hybridized carbons (Fsp3) is 0.714. The first-order chi connectivity index (χ1) is 11.9. The zero-order chi connectivity index (χ0) is 16.2. The lowest BCUT2D eigenvalue weighted by molar-refractivity contribution is -1.04. The maximum Gasteiger partial charge on any atom is 0.127 e. The van der Waals surface area contributed by atoms with E-state index in [1.807, 2.05) is 9.80 Å². The van der Waals surface area contributed by atoms with Gasteiger partial charge in [0.2, 0.25) is 0 Å². The Bertz CT molecular complexity index is 481. The summed E-state index contributed by atoms with van der Waals surface area (Å²) >= 11 is 0. The zero-order valence-corrected chi connectivity index (χ0v) is 15.2. The summed E-state index contributed by atoms with van der Waals surface area (Å²) in [6.45, 7) is 9.73. The highest BCUT2D eigenvalue weighted by Gasteiger charge is 2.36. The molecule has 1 aromatic rings. The van der Waals surface area contributed by atoms with Crippen LogP contribution in [0, 0.1) is 0 Å². The van der Waals surface area contributed by atoms with Gasteiger partial charge in [0, 0.05) is 18.4 Å². The van der Waals surface area contributed by atoms with Crippen LogP contribution in [0.3, 0.4) is 0 Å². The molecule has 24 heavy (non-hydrogen) atoms. The summed E-state index contributed by atoms with van der Waals surface area (Å²) in [5.41, 5.74) is 1.51. The molecule has 1 aromatic carbocycles. The highest BCUT2D eigenvalue weighted by molar-refractivity contribution is 5.13. The van der Waals surface area contributed by atoms with E-state index in [-0.39, 0.29) is 0 Å². The molecular formula is C21H36N3+3. The fourth-order valence-electron chi connectivity index (χ4n) is 5.54. The molecule has 2 saturated heterocycles. The van der Waals surface area contributed by atoms with Gasteiger partial charge in [0.05, 0.1) is 25.2 Å². The third-order valence-corrected chi connectivity index (χ3v) is 7.03. The van der Waals surface area contributed by atoms with Crippen molar-refractivity contribution < 1.29 is 14.7 Å². The summed E-state index contributed by atoms with van der Waals surface area (Å²) in [6, 6.07) is 13.0. The molecule has 3 aliphatic rings. The van der Waals surface area contributed by atoms with Crippen LogP contribution in [0.1, 0.15) is 44.1 Å². The zero-order valence-electron chi connectivity index (χ0n) is 15.2. The summed E-state index contributed by atoms with van der Waals surface area (Å²) in [6.07, 6.45) is 8.88. The van der Waals surface area contributed by atoms with Gasteiger partial charge in [-0.25, -0.2) is 0 Å². The first-order valence-electron chi connectivity index (χ1n) is 10.4. The summed E-state index contributed by atoms with van der Waals surface area (Å²) in [7, 11) is 0. The van der Waals surface area contributed by atoms with Crippen LogP contribution < -0.4 is 14.7 Å². The molecule has 1 saturated carbocycles. The second-order valence-corrected chi connectivity index (χ2v) is 8.48. The molecule has 0 spiro atoms. The monoisotopic (exact) mass is 330 g/mol. The Kier molecular flexibility index (Phi) is 5.51. The van der Waals surface area contributed by atoms with E-state index in [1.165, 1.54) is 89.9 Å². The lowest BCUT2D eigenvalue weighted by Crippen LogP contribution is -3.31. The van der Waals surface area contributed by atoms with Crippen molar-refractivity contribution in [3.63, 3.8) is 0 Å². The van der Waals surface area contributed by atoms with Crippen molar-refractivity contribution in [2.75, 3.05) is 39.3 Å². The first kappa shape index (κ1) is 16.6. The SMILES string of the molecule is c1ccc(C[NH+]2CCC([NH+]3CC[NH+](C4CCCC4)CC3)CC2)cc1. The molecule has 3 heteroatoms. The predicted octanol–water partition coefficient (Wildman–Crippen LogP) is -1.04. The predicted molar refractivity (Wildman–Crippen MR) is 97.5 cm³/mol. The largest absolute Gasteiger partial charge is 0.331 e. The second-order valence-electron chi connectivity index (χ2n) is 8.48. The Morgan fingerprint density at radius 3 is 1.79 bits per heavy atom. The minimum Gasteiger partial charge on any atom is -0.331 e. The molecule has 1 aliphatic carbocycles. The van der Waals surface area contributed by atoms with Crippen LogP contribution in [0.15, 0.2) is 30.3 Å². The molecule has 3 fully saturated rings. The maximum absolute atomic E-state index is 2.29. The molecule has 0 unspecified atom stereocenters. The van der Waals surface area contributed by atoms with Crippen molar-refractivity contribution in [3.05, 3.63) is 35.9 Å². The van der Waals surface area contributed by atoms with E-state index in [0.717, 1.165) is 12.1 Å². The van der Waals surface area contributed by atoms with Crippen molar-refractivity contribution in [2.24, 2.45) is 0 Å². The Balaban J connectivity index is 1.20. The van der Waals surface area contributed by atoms with E-state index in [4.69, 9.17) is 0 Å². The standard InChI is InChI=1S/C21H33N3/c1-2-6-19(7-3-1)18-22-12-10-21(11-13-22)24-16-14-23(15-17-24)20-8-4-5-9-20/h1-3,6-7,20-21H,4-5,8-18H2/p+3. The van der Waals surface area contributed by atoms with E-state index in [9.17, 15) is 0 Å². The Morgan fingerprint density at radius 1 is 0.667 bits per heavy atom. The van der Waals surface area contributed by atoms with Gasteiger partial charge in [0.15, 0.2) is 0 Å². The third kappa shape index (κ3) is 4.01. The average molecular weight is 331 g/mol. The van der Waals surface area contributed by atoms with Crippen molar-refractivity contribution in [1.29, 1.82) is 0 Å². The average Bonchev–Trinajstić information content (AvgIpc) is 3.18. The van der Waals surface area contributed by atoms with Crippen LogP contribution in [0.4, 0.5) is 0 Å². The number of hydrogen-bond donors (Lipinski definition) is 3.